The highest BCUT2D eigenvalue weighted by Gasteiger charge is 2.14. The van der Waals surface area contributed by atoms with E-state index in [1.54, 1.807) is 6.92 Å². The third-order valence-corrected chi connectivity index (χ3v) is 2.49. The Balaban J connectivity index is 2.65. The van der Waals surface area contributed by atoms with Gasteiger partial charge in [0.2, 0.25) is 0 Å². The lowest BCUT2D eigenvalue weighted by molar-refractivity contribution is 0.175. The molecular weight excluding hydrogens is 190 g/mol. The molecule has 2 atom stereocenters. The van der Waals surface area contributed by atoms with Crippen molar-refractivity contribution >= 4 is 0 Å². The van der Waals surface area contributed by atoms with Crippen LogP contribution in [0.1, 0.15) is 38.2 Å². The normalized spacial score (nSPS) is 15.2. The van der Waals surface area contributed by atoms with Crippen LogP contribution in [0, 0.1) is 0 Å². The fourth-order valence-electron chi connectivity index (χ4n) is 1.72. The van der Waals surface area contributed by atoms with Gasteiger partial charge in [-0.2, -0.15) is 5.10 Å². The molecule has 0 aliphatic rings. The number of aliphatic hydroxyl groups excluding tert-OH is 1. The Kier molecular flexibility index (Phi) is 4.78. The Morgan fingerprint density at radius 1 is 1.60 bits per heavy atom. The van der Waals surface area contributed by atoms with Gasteiger partial charge in [0.15, 0.2) is 0 Å². The summed E-state index contributed by atoms with van der Waals surface area (Å²) < 4.78 is 1.93. The lowest BCUT2D eigenvalue weighted by Gasteiger charge is -2.14. The van der Waals surface area contributed by atoms with E-state index in [9.17, 15) is 5.11 Å². The molecule has 0 saturated carbocycles. The molecule has 4 nitrogen and oxygen atoms in total. The maximum absolute atomic E-state index is 9.34. The minimum absolute atomic E-state index is 0.218. The van der Waals surface area contributed by atoms with Gasteiger partial charge in [0.25, 0.3) is 0 Å². The fraction of sp³-hybridized carbons (Fsp3) is 0.727. The average molecular weight is 211 g/mol. The molecule has 0 aliphatic heterocycles. The van der Waals surface area contributed by atoms with Crippen molar-refractivity contribution in [3.8, 4) is 0 Å². The molecule has 0 fully saturated rings. The summed E-state index contributed by atoms with van der Waals surface area (Å²) in [6.45, 7) is 5.41. The molecule has 0 saturated heterocycles. The van der Waals surface area contributed by atoms with E-state index in [1.807, 2.05) is 17.1 Å². The van der Waals surface area contributed by atoms with Gasteiger partial charge in [-0.25, -0.2) is 0 Å². The minimum Gasteiger partial charge on any atom is -0.393 e. The van der Waals surface area contributed by atoms with Gasteiger partial charge < -0.3 is 10.8 Å². The van der Waals surface area contributed by atoms with Crippen LogP contribution in [-0.4, -0.2) is 27.5 Å². The van der Waals surface area contributed by atoms with Crippen LogP contribution >= 0.6 is 0 Å². The molecule has 86 valence electrons. The summed E-state index contributed by atoms with van der Waals surface area (Å²) >= 11 is 0. The molecular formula is C11H21N3O. The summed E-state index contributed by atoms with van der Waals surface area (Å²) in [6, 6.07) is 0. The van der Waals surface area contributed by atoms with Gasteiger partial charge in [-0.15, -0.1) is 0 Å². The van der Waals surface area contributed by atoms with Crippen LogP contribution in [-0.2, 0) is 6.54 Å². The summed E-state index contributed by atoms with van der Waals surface area (Å²) in [7, 11) is 0. The Hall–Kier alpha value is -0.870. The third kappa shape index (κ3) is 3.64. The molecule has 1 aromatic rings. The number of rotatable bonds is 6. The van der Waals surface area contributed by atoms with Crippen molar-refractivity contribution < 1.29 is 5.11 Å². The van der Waals surface area contributed by atoms with Crippen LogP contribution in [0.5, 0.6) is 0 Å². The molecule has 0 spiro atoms. The third-order valence-electron chi connectivity index (χ3n) is 2.49. The largest absolute Gasteiger partial charge is 0.393 e. The van der Waals surface area contributed by atoms with Crippen molar-refractivity contribution in [1.29, 1.82) is 0 Å². The van der Waals surface area contributed by atoms with E-state index in [4.69, 9.17) is 5.73 Å². The molecule has 0 amide bonds. The van der Waals surface area contributed by atoms with Gasteiger partial charge in [-0.3, -0.25) is 4.68 Å². The first-order valence-electron chi connectivity index (χ1n) is 5.57. The maximum Gasteiger partial charge on any atom is 0.0525 e. The predicted molar refractivity (Wildman–Crippen MR) is 60.6 cm³/mol. The highest BCUT2D eigenvalue weighted by molar-refractivity contribution is 5.12. The molecule has 0 aliphatic carbocycles. The van der Waals surface area contributed by atoms with Crippen molar-refractivity contribution in [3.05, 3.63) is 18.0 Å². The topological polar surface area (TPSA) is 64.1 Å². The number of hydrogen-bond donors (Lipinski definition) is 2. The first-order chi connectivity index (χ1) is 7.17. The Labute approximate surface area is 91.1 Å². The average Bonchev–Trinajstić information content (AvgIpc) is 2.63. The van der Waals surface area contributed by atoms with Crippen molar-refractivity contribution in [2.24, 2.45) is 5.73 Å². The van der Waals surface area contributed by atoms with E-state index < -0.39 is 0 Å². The maximum atomic E-state index is 9.34. The number of nitrogens with two attached hydrogens (primary N) is 1. The van der Waals surface area contributed by atoms with E-state index in [2.05, 4.69) is 12.0 Å². The highest BCUT2D eigenvalue weighted by atomic mass is 16.3. The number of hydrogen-bond acceptors (Lipinski definition) is 3. The fourth-order valence-corrected chi connectivity index (χ4v) is 1.72. The summed E-state index contributed by atoms with van der Waals surface area (Å²) in [6.07, 6.45) is 5.35. The minimum atomic E-state index is -0.312. The van der Waals surface area contributed by atoms with Crippen LogP contribution < -0.4 is 5.73 Å². The van der Waals surface area contributed by atoms with E-state index in [1.165, 1.54) is 0 Å². The molecule has 0 radical (unpaired) electrons. The molecule has 1 heterocycles. The van der Waals surface area contributed by atoms with Gasteiger partial charge in [0.05, 0.1) is 12.3 Å². The molecule has 4 heteroatoms. The van der Waals surface area contributed by atoms with Gasteiger partial charge in [0.1, 0.15) is 0 Å². The van der Waals surface area contributed by atoms with Gasteiger partial charge in [-0.05, 0) is 31.9 Å². The van der Waals surface area contributed by atoms with Crippen molar-refractivity contribution in [3.63, 3.8) is 0 Å². The van der Waals surface area contributed by atoms with Crippen LogP contribution in [0.4, 0.5) is 0 Å². The molecule has 3 N–H and O–H groups in total. The monoisotopic (exact) mass is 211 g/mol. The van der Waals surface area contributed by atoms with Gasteiger partial charge in [0, 0.05) is 18.7 Å². The van der Waals surface area contributed by atoms with E-state index >= 15 is 0 Å². The molecule has 1 rings (SSSR count). The van der Waals surface area contributed by atoms with Crippen LogP contribution in [0.25, 0.3) is 0 Å². The summed E-state index contributed by atoms with van der Waals surface area (Å²) in [4.78, 5) is 0. The van der Waals surface area contributed by atoms with Crippen molar-refractivity contribution in [2.75, 3.05) is 6.54 Å². The number of aliphatic hydroxyl groups is 1. The number of aromatic nitrogens is 2. The molecule has 15 heavy (non-hydrogen) atoms. The SMILES string of the molecule is CCCn1cc(C(CN)CC(C)O)cn1. The Morgan fingerprint density at radius 3 is 2.87 bits per heavy atom. The zero-order valence-electron chi connectivity index (χ0n) is 9.56. The first kappa shape index (κ1) is 12.2. The molecule has 0 aromatic carbocycles. The number of nitrogens with zero attached hydrogens (tertiary/aromatic N) is 2. The van der Waals surface area contributed by atoms with E-state index in [-0.39, 0.29) is 12.0 Å². The highest BCUT2D eigenvalue weighted by Crippen LogP contribution is 2.19. The smallest absolute Gasteiger partial charge is 0.0525 e. The molecule has 0 bridgehead atoms. The van der Waals surface area contributed by atoms with E-state index in [0.717, 1.165) is 18.5 Å². The quantitative estimate of drug-likeness (QED) is 0.740. The van der Waals surface area contributed by atoms with Crippen LogP contribution in [0.15, 0.2) is 12.4 Å². The predicted octanol–water partition coefficient (Wildman–Crippen LogP) is 1.11. The summed E-state index contributed by atoms with van der Waals surface area (Å²) in [5.41, 5.74) is 6.82. The Bertz CT molecular complexity index is 283. The van der Waals surface area contributed by atoms with Crippen LogP contribution in [0.2, 0.25) is 0 Å². The number of aryl methyl sites for hydroxylation is 1. The second-order valence-corrected chi connectivity index (χ2v) is 4.05. The van der Waals surface area contributed by atoms with Gasteiger partial charge >= 0.3 is 0 Å². The second kappa shape index (κ2) is 5.88. The zero-order chi connectivity index (χ0) is 11.3. The standard InChI is InChI=1S/C11H21N3O/c1-3-4-14-8-11(7-13-14)10(6-12)5-9(2)15/h7-10,15H,3-6,12H2,1-2H3. The molecule has 2 unspecified atom stereocenters. The summed E-state index contributed by atoms with van der Waals surface area (Å²) in [5.74, 6) is 0.218. The van der Waals surface area contributed by atoms with Crippen molar-refractivity contribution in [1.82, 2.24) is 9.78 Å². The van der Waals surface area contributed by atoms with Gasteiger partial charge in [-0.1, -0.05) is 6.92 Å². The van der Waals surface area contributed by atoms with Crippen LogP contribution in [0.3, 0.4) is 0 Å². The molecule has 1 aromatic heterocycles. The lowest BCUT2D eigenvalue weighted by Crippen LogP contribution is -2.17. The van der Waals surface area contributed by atoms with E-state index in [0.29, 0.717) is 13.0 Å². The van der Waals surface area contributed by atoms with Crippen molar-refractivity contribution in [2.45, 2.75) is 45.3 Å². The second-order valence-electron chi connectivity index (χ2n) is 4.05. The summed E-state index contributed by atoms with van der Waals surface area (Å²) in [5, 5.41) is 13.6. The first-order valence-corrected chi connectivity index (χ1v) is 5.57. The zero-order valence-corrected chi connectivity index (χ0v) is 9.56. The lowest BCUT2D eigenvalue weighted by atomic mass is 9.96. The Morgan fingerprint density at radius 2 is 2.33 bits per heavy atom.